The maximum atomic E-state index is 13.8. The van der Waals surface area contributed by atoms with E-state index in [-0.39, 0.29) is 24.2 Å². The highest BCUT2D eigenvalue weighted by Crippen LogP contribution is 2.26. The average molecular weight is 377 g/mol. The number of ketones is 1. The molecule has 2 aliphatic heterocycles. The Morgan fingerprint density at radius 2 is 1.60 bits per heavy atom. The van der Waals surface area contributed by atoms with Crippen LogP contribution in [-0.2, 0) is 4.79 Å². The normalized spacial score (nSPS) is 21.1. The van der Waals surface area contributed by atoms with Gasteiger partial charge in [-0.3, -0.25) is 9.59 Å². The van der Waals surface area contributed by atoms with Gasteiger partial charge in [0.1, 0.15) is 17.5 Å². The standard InChI is InChI=1S/C17H19F3N2O2.ClH/c18-12-7-13(19)15(14(20)8-12)16(23)10-2-5-22(6-3-10)17(24)11-1-4-21-9-11;/h7-8,10-11,21H,1-6,9H2;1H. The summed E-state index contributed by atoms with van der Waals surface area (Å²) in [5.41, 5.74) is -0.679. The van der Waals surface area contributed by atoms with E-state index >= 15 is 0 Å². The Morgan fingerprint density at radius 3 is 2.12 bits per heavy atom. The fourth-order valence-electron chi connectivity index (χ4n) is 3.47. The molecule has 1 atom stereocenters. The Morgan fingerprint density at radius 1 is 1.00 bits per heavy atom. The fourth-order valence-corrected chi connectivity index (χ4v) is 3.47. The number of Topliss-reactive ketones (excluding diaryl/α,β-unsaturated/α-hetero) is 1. The summed E-state index contributed by atoms with van der Waals surface area (Å²) in [6.07, 6.45) is 1.53. The number of benzene rings is 1. The number of nitrogens with one attached hydrogen (secondary N) is 1. The Kier molecular flexibility index (Phi) is 6.46. The number of likely N-dealkylation sites (tertiary alicyclic amines) is 1. The second kappa shape index (κ2) is 8.19. The summed E-state index contributed by atoms with van der Waals surface area (Å²) in [6.45, 7) is 2.30. The molecule has 2 fully saturated rings. The van der Waals surface area contributed by atoms with Gasteiger partial charge in [0.25, 0.3) is 0 Å². The lowest BCUT2D eigenvalue weighted by molar-refractivity contribution is -0.136. The maximum Gasteiger partial charge on any atom is 0.227 e. The van der Waals surface area contributed by atoms with Crippen LogP contribution in [0.25, 0.3) is 0 Å². The molecule has 1 unspecified atom stereocenters. The number of amides is 1. The van der Waals surface area contributed by atoms with Crippen molar-refractivity contribution in [2.75, 3.05) is 26.2 Å². The Labute approximate surface area is 150 Å². The molecule has 0 saturated carbocycles. The third kappa shape index (κ3) is 4.15. The zero-order valence-electron chi connectivity index (χ0n) is 13.6. The van der Waals surface area contributed by atoms with Gasteiger partial charge in [-0.15, -0.1) is 12.4 Å². The van der Waals surface area contributed by atoms with Gasteiger partial charge >= 0.3 is 0 Å². The molecule has 4 nitrogen and oxygen atoms in total. The molecule has 1 amide bonds. The van der Waals surface area contributed by atoms with Crippen LogP contribution in [0.15, 0.2) is 12.1 Å². The molecule has 1 aromatic carbocycles. The summed E-state index contributed by atoms with van der Waals surface area (Å²) in [6, 6.07) is 1.03. The van der Waals surface area contributed by atoms with Gasteiger partial charge < -0.3 is 10.2 Å². The van der Waals surface area contributed by atoms with E-state index in [0.717, 1.165) is 13.0 Å². The van der Waals surface area contributed by atoms with E-state index in [2.05, 4.69) is 5.32 Å². The number of carbonyl (C=O) groups excluding carboxylic acids is 2. The molecule has 0 bridgehead atoms. The van der Waals surface area contributed by atoms with E-state index in [4.69, 9.17) is 0 Å². The molecule has 2 saturated heterocycles. The number of piperidine rings is 1. The minimum absolute atomic E-state index is 0. The quantitative estimate of drug-likeness (QED) is 0.825. The van der Waals surface area contributed by atoms with Gasteiger partial charge in [0.2, 0.25) is 5.91 Å². The lowest BCUT2D eigenvalue weighted by Gasteiger charge is -2.33. The first kappa shape index (κ1) is 19.7. The number of rotatable bonds is 3. The Balaban J connectivity index is 0.00000225. The first-order valence-electron chi connectivity index (χ1n) is 8.15. The second-order valence-electron chi connectivity index (χ2n) is 6.40. The summed E-state index contributed by atoms with van der Waals surface area (Å²) in [5.74, 6) is -4.55. The predicted molar refractivity (Wildman–Crippen MR) is 88.2 cm³/mol. The van der Waals surface area contributed by atoms with Crippen molar-refractivity contribution in [2.24, 2.45) is 11.8 Å². The monoisotopic (exact) mass is 376 g/mol. The number of halogens is 4. The van der Waals surface area contributed by atoms with Gasteiger partial charge in [-0.05, 0) is 25.8 Å². The van der Waals surface area contributed by atoms with Gasteiger partial charge in [-0.2, -0.15) is 0 Å². The van der Waals surface area contributed by atoms with E-state index < -0.39 is 34.7 Å². The maximum absolute atomic E-state index is 13.8. The van der Waals surface area contributed by atoms with Crippen molar-refractivity contribution in [1.82, 2.24) is 10.2 Å². The third-order valence-corrected chi connectivity index (χ3v) is 4.84. The third-order valence-electron chi connectivity index (χ3n) is 4.84. The minimum atomic E-state index is -1.17. The molecule has 2 aliphatic rings. The predicted octanol–water partition coefficient (Wildman–Crippen LogP) is 2.56. The molecule has 0 radical (unpaired) electrons. The molecule has 1 aromatic rings. The molecule has 2 heterocycles. The van der Waals surface area contributed by atoms with Crippen molar-refractivity contribution in [1.29, 1.82) is 0 Å². The van der Waals surface area contributed by atoms with Crippen LogP contribution in [0, 0.1) is 29.3 Å². The van der Waals surface area contributed by atoms with E-state index in [9.17, 15) is 22.8 Å². The van der Waals surface area contributed by atoms with Crippen LogP contribution in [-0.4, -0.2) is 42.8 Å². The number of hydrogen-bond donors (Lipinski definition) is 1. The Hall–Kier alpha value is -1.60. The minimum Gasteiger partial charge on any atom is -0.342 e. The van der Waals surface area contributed by atoms with Crippen LogP contribution >= 0.6 is 12.4 Å². The number of carbonyl (C=O) groups is 2. The van der Waals surface area contributed by atoms with Crippen molar-refractivity contribution in [3.05, 3.63) is 35.1 Å². The smallest absolute Gasteiger partial charge is 0.227 e. The lowest BCUT2D eigenvalue weighted by Crippen LogP contribution is -2.43. The second-order valence-corrected chi connectivity index (χ2v) is 6.40. The van der Waals surface area contributed by atoms with Gasteiger partial charge in [-0.25, -0.2) is 13.2 Å². The molecule has 138 valence electrons. The molecule has 0 aliphatic carbocycles. The largest absolute Gasteiger partial charge is 0.342 e. The summed E-state index contributed by atoms with van der Waals surface area (Å²) in [5, 5.41) is 3.14. The zero-order valence-corrected chi connectivity index (χ0v) is 14.4. The summed E-state index contributed by atoms with van der Waals surface area (Å²) in [4.78, 5) is 26.4. The average Bonchev–Trinajstić information content (AvgIpc) is 3.07. The molecule has 8 heteroatoms. The van der Waals surface area contributed by atoms with Crippen LogP contribution in [0.1, 0.15) is 29.6 Å². The number of hydrogen-bond acceptors (Lipinski definition) is 3. The van der Waals surface area contributed by atoms with Crippen LogP contribution in [0.4, 0.5) is 13.2 Å². The van der Waals surface area contributed by atoms with E-state index in [1.54, 1.807) is 4.90 Å². The van der Waals surface area contributed by atoms with Crippen LogP contribution in [0.5, 0.6) is 0 Å². The van der Waals surface area contributed by atoms with E-state index in [1.165, 1.54) is 0 Å². The molecule has 25 heavy (non-hydrogen) atoms. The molecule has 1 N–H and O–H groups in total. The summed E-state index contributed by atoms with van der Waals surface area (Å²) >= 11 is 0. The molecule has 0 spiro atoms. The van der Waals surface area contributed by atoms with E-state index in [1.807, 2.05) is 0 Å². The number of nitrogens with zero attached hydrogens (tertiary/aromatic N) is 1. The first-order chi connectivity index (χ1) is 11.5. The van der Waals surface area contributed by atoms with Crippen molar-refractivity contribution in [2.45, 2.75) is 19.3 Å². The Bertz CT molecular complexity index is 634. The van der Waals surface area contributed by atoms with Crippen LogP contribution in [0.3, 0.4) is 0 Å². The van der Waals surface area contributed by atoms with E-state index in [0.29, 0.717) is 44.6 Å². The van der Waals surface area contributed by atoms with Gasteiger partial charge in [-0.1, -0.05) is 0 Å². The lowest BCUT2D eigenvalue weighted by atomic mass is 9.88. The van der Waals surface area contributed by atoms with Gasteiger partial charge in [0.05, 0.1) is 11.5 Å². The highest BCUT2D eigenvalue weighted by molar-refractivity contribution is 5.98. The van der Waals surface area contributed by atoms with Crippen LogP contribution < -0.4 is 5.32 Å². The van der Waals surface area contributed by atoms with Gasteiger partial charge in [0.15, 0.2) is 5.78 Å². The van der Waals surface area contributed by atoms with Crippen molar-refractivity contribution in [3.8, 4) is 0 Å². The fraction of sp³-hybridized carbons (Fsp3) is 0.529. The molecular formula is C17H20ClF3N2O2. The molecule has 3 rings (SSSR count). The van der Waals surface area contributed by atoms with Gasteiger partial charge in [0, 0.05) is 37.7 Å². The highest BCUT2D eigenvalue weighted by Gasteiger charge is 2.33. The first-order valence-corrected chi connectivity index (χ1v) is 8.15. The molecular weight excluding hydrogens is 357 g/mol. The van der Waals surface area contributed by atoms with Crippen molar-refractivity contribution in [3.63, 3.8) is 0 Å². The van der Waals surface area contributed by atoms with Crippen molar-refractivity contribution < 1.29 is 22.8 Å². The van der Waals surface area contributed by atoms with Crippen molar-refractivity contribution >= 4 is 24.1 Å². The SMILES string of the molecule is Cl.O=C(c1c(F)cc(F)cc1F)C1CCN(C(=O)C2CCNC2)CC1. The molecule has 0 aromatic heterocycles. The zero-order chi connectivity index (χ0) is 17.3. The topological polar surface area (TPSA) is 49.4 Å². The summed E-state index contributed by atoms with van der Waals surface area (Å²) < 4.78 is 40.5. The highest BCUT2D eigenvalue weighted by atomic mass is 35.5. The summed E-state index contributed by atoms with van der Waals surface area (Å²) in [7, 11) is 0. The van der Waals surface area contributed by atoms with Crippen LogP contribution in [0.2, 0.25) is 0 Å².